The number of hydrogen-bond donors (Lipinski definition) is 3. The Morgan fingerprint density at radius 3 is 3.00 bits per heavy atom. The average Bonchev–Trinajstić information content (AvgIpc) is 2.37. The predicted octanol–water partition coefficient (Wildman–Crippen LogP) is 1.18. The fourth-order valence-electron chi connectivity index (χ4n) is 1.57. The minimum atomic E-state index is -0.269. The number of rotatable bonds is 4. The Hall–Kier alpha value is -1.86. The number of H-pyrrole nitrogens is 1. The van der Waals surface area contributed by atoms with Gasteiger partial charge in [0.1, 0.15) is 10.8 Å². The number of aromatic amines is 1. The first-order chi connectivity index (χ1) is 9.10. The van der Waals surface area contributed by atoms with Crippen molar-refractivity contribution in [3.63, 3.8) is 0 Å². The first-order valence-electron chi connectivity index (χ1n) is 5.77. The van der Waals surface area contributed by atoms with Gasteiger partial charge in [0.2, 0.25) is 0 Å². The number of aromatic nitrogens is 3. The van der Waals surface area contributed by atoms with E-state index >= 15 is 0 Å². The number of hydrogen-bond acceptors (Lipinski definition) is 6. The molecule has 1 unspecified atom stereocenters. The molecule has 7 heteroatoms. The minimum Gasteiger partial charge on any atom is -0.383 e. The second-order valence-electron chi connectivity index (χ2n) is 3.99. The highest BCUT2D eigenvalue weighted by Gasteiger charge is 2.12. The highest BCUT2D eigenvalue weighted by atomic mass is 32.2. The molecule has 6 nitrogen and oxygen atoms in total. The molecular formula is C12H15N5OS. The van der Waals surface area contributed by atoms with E-state index in [9.17, 15) is 4.79 Å². The maximum Gasteiger partial charge on any atom is 0.253 e. The Kier molecular flexibility index (Phi) is 4.18. The van der Waals surface area contributed by atoms with Gasteiger partial charge in [0.25, 0.3) is 5.56 Å². The molecule has 0 spiro atoms. The fraction of sp³-hybridized carbons (Fsp3) is 0.250. The zero-order valence-corrected chi connectivity index (χ0v) is 11.5. The van der Waals surface area contributed by atoms with Crippen molar-refractivity contribution in [2.75, 3.05) is 12.8 Å². The standard InChI is InChI=1S/C12H15N5OS/c1-7(14-2)8-4-3-5-15-11(8)19-12-16-9(13)6-10(18)17-12/h3-7,14H,1-2H3,(H3,13,16,17,18). The van der Waals surface area contributed by atoms with Crippen LogP contribution in [0.5, 0.6) is 0 Å². The van der Waals surface area contributed by atoms with Gasteiger partial charge >= 0.3 is 0 Å². The van der Waals surface area contributed by atoms with Crippen LogP contribution in [0.25, 0.3) is 0 Å². The summed E-state index contributed by atoms with van der Waals surface area (Å²) in [4.78, 5) is 22.4. The predicted molar refractivity (Wildman–Crippen MR) is 75.1 cm³/mol. The van der Waals surface area contributed by atoms with E-state index in [0.717, 1.165) is 10.6 Å². The van der Waals surface area contributed by atoms with Gasteiger partial charge in [0, 0.05) is 23.9 Å². The molecule has 0 aliphatic rings. The van der Waals surface area contributed by atoms with E-state index in [1.807, 2.05) is 26.1 Å². The van der Waals surface area contributed by atoms with Crippen LogP contribution in [-0.4, -0.2) is 22.0 Å². The number of pyridine rings is 1. The molecule has 0 bridgehead atoms. The molecule has 2 heterocycles. The van der Waals surface area contributed by atoms with Crippen molar-refractivity contribution in [3.8, 4) is 0 Å². The van der Waals surface area contributed by atoms with E-state index in [-0.39, 0.29) is 17.4 Å². The van der Waals surface area contributed by atoms with Crippen molar-refractivity contribution in [2.24, 2.45) is 0 Å². The van der Waals surface area contributed by atoms with Crippen LogP contribution in [0.2, 0.25) is 0 Å². The van der Waals surface area contributed by atoms with Crippen LogP contribution in [0, 0.1) is 0 Å². The van der Waals surface area contributed by atoms with Crippen LogP contribution >= 0.6 is 11.8 Å². The molecule has 0 saturated carbocycles. The maximum absolute atomic E-state index is 11.4. The molecule has 0 aromatic carbocycles. The quantitative estimate of drug-likeness (QED) is 0.726. The zero-order chi connectivity index (χ0) is 13.8. The van der Waals surface area contributed by atoms with Gasteiger partial charge in [-0.1, -0.05) is 6.07 Å². The molecule has 0 aliphatic carbocycles. The molecule has 2 aromatic heterocycles. The first-order valence-corrected chi connectivity index (χ1v) is 6.58. The third kappa shape index (κ3) is 3.33. The van der Waals surface area contributed by atoms with Gasteiger partial charge in [-0.15, -0.1) is 0 Å². The summed E-state index contributed by atoms with van der Waals surface area (Å²) in [6, 6.07) is 5.27. The Balaban J connectivity index is 2.35. The molecule has 2 aromatic rings. The number of nitrogens with one attached hydrogen (secondary N) is 2. The van der Waals surface area contributed by atoms with Crippen molar-refractivity contribution in [1.29, 1.82) is 0 Å². The molecule has 100 valence electrons. The van der Waals surface area contributed by atoms with Crippen LogP contribution in [0.1, 0.15) is 18.5 Å². The smallest absolute Gasteiger partial charge is 0.253 e. The van der Waals surface area contributed by atoms with Crippen LogP contribution in [-0.2, 0) is 0 Å². The summed E-state index contributed by atoms with van der Waals surface area (Å²) in [6.45, 7) is 2.04. The molecule has 0 radical (unpaired) electrons. The van der Waals surface area contributed by atoms with E-state index in [0.29, 0.717) is 5.16 Å². The first kappa shape index (κ1) is 13.6. The topological polar surface area (TPSA) is 96.7 Å². The lowest BCUT2D eigenvalue weighted by Crippen LogP contribution is -2.14. The van der Waals surface area contributed by atoms with Crippen molar-refractivity contribution in [2.45, 2.75) is 23.1 Å². The molecule has 0 aliphatic heterocycles. The lowest BCUT2D eigenvalue weighted by molar-refractivity contribution is 0.634. The Morgan fingerprint density at radius 2 is 2.32 bits per heavy atom. The van der Waals surface area contributed by atoms with E-state index in [4.69, 9.17) is 5.73 Å². The third-order valence-electron chi connectivity index (χ3n) is 2.63. The summed E-state index contributed by atoms with van der Waals surface area (Å²) >= 11 is 1.29. The molecular weight excluding hydrogens is 262 g/mol. The van der Waals surface area contributed by atoms with Crippen LogP contribution in [0.15, 0.2) is 39.4 Å². The van der Waals surface area contributed by atoms with Crippen molar-refractivity contribution < 1.29 is 0 Å². The monoisotopic (exact) mass is 277 g/mol. The lowest BCUT2D eigenvalue weighted by atomic mass is 10.1. The number of nitrogens with two attached hydrogens (primary N) is 1. The fourth-order valence-corrected chi connectivity index (χ4v) is 2.53. The average molecular weight is 277 g/mol. The van der Waals surface area contributed by atoms with Crippen molar-refractivity contribution in [1.82, 2.24) is 20.3 Å². The van der Waals surface area contributed by atoms with Crippen molar-refractivity contribution in [3.05, 3.63) is 40.3 Å². The van der Waals surface area contributed by atoms with Crippen molar-refractivity contribution >= 4 is 17.6 Å². The van der Waals surface area contributed by atoms with Crippen LogP contribution in [0.4, 0.5) is 5.82 Å². The van der Waals surface area contributed by atoms with E-state index < -0.39 is 0 Å². The van der Waals surface area contributed by atoms with E-state index in [1.54, 1.807) is 6.20 Å². The van der Waals surface area contributed by atoms with Gasteiger partial charge in [0.05, 0.1) is 0 Å². The molecule has 19 heavy (non-hydrogen) atoms. The largest absolute Gasteiger partial charge is 0.383 e. The van der Waals surface area contributed by atoms with Gasteiger partial charge in [-0.3, -0.25) is 4.79 Å². The van der Waals surface area contributed by atoms with Gasteiger partial charge in [-0.05, 0) is 31.8 Å². The summed E-state index contributed by atoms with van der Waals surface area (Å²) in [6.07, 6.45) is 1.71. The Bertz CT molecular complexity index is 628. The Labute approximate surface area is 114 Å². The summed E-state index contributed by atoms with van der Waals surface area (Å²) < 4.78 is 0. The van der Waals surface area contributed by atoms with Gasteiger partial charge in [-0.25, -0.2) is 9.97 Å². The number of anilines is 1. The molecule has 0 fully saturated rings. The van der Waals surface area contributed by atoms with Gasteiger partial charge in [0.15, 0.2) is 5.16 Å². The lowest BCUT2D eigenvalue weighted by Gasteiger charge is -2.13. The van der Waals surface area contributed by atoms with Crippen LogP contribution < -0.4 is 16.6 Å². The molecule has 2 rings (SSSR count). The maximum atomic E-state index is 11.4. The zero-order valence-electron chi connectivity index (χ0n) is 10.7. The molecule has 1 atom stereocenters. The molecule has 0 amide bonds. The number of nitrogen functional groups attached to an aromatic ring is 1. The summed E-state index contributed by atoms with van der Waals surface area (Å²) in [7, 11) is 1.88. The highest BCUT2D eigenvalue weighted by molar-refractivity contribution is 7.99. The normalized spacial score (nSPS) is 12.3. The SMILES string of the molecule is CNC(C)c1cccnc1Sc1nc(N)cc(=O)[nH]1. The van der Waals surface area contributed by atoms with E-state index in [2.05, 4.69) is 20.3 Å². The summed E-state index contributed by atoms with van der Waals surface area (Å²) in [5, 5.41) is 4.39. The van der Waals surface area contributed by atoms with E-state index in [1.165, 1.54) is 17.8 Å². The second kappa shape index (κ2) is 5.85. The third-order valence-corrected chi connectivity index (χ3v) is 3.55. The van der Waals surface area contributed by atoms with Gasteiger partial charge in [-0.2, -0.15) is 0 Å². The minimum absolute atomic E-state index is 0.156. The summed E-state index contributed by atoms with van der Waals surface area (Å²) in [5.41, 5.74) is 6.33. The molecule has 0 saturated heterocycles. The second-order valence-corrected chi connectivity index (χ2v) is 4.96. The van der Waals surface area contributed by atoms with Gasteiger partial charge < -0.3 is 16.0 Å². The summed E-state index contributed by atoms with van der Waals surface area (Å²) in [5.74, 6) is 0.199. The van der Waals surface area contributed by atoms with Crippen LogP contribution in [0.3, 0.4) is 0 Å². The molecule has 4 N–H and O–H groups in total. The number of nitrogens with zero attached hydrogens (tertiary/aromatic N) is 2. The Morgan fingerprint density at radius 1 is 1.53 bits per heavy atom. The highest BCUT2D eigenvalue weighted by Crippen LogP contribution is 2.28.